The maximum atomic E-state index is 12.9. The van der Waals surface area contributed by atoms with Gasteiger partial charge in [-0.1, -0.05) is 27.2 Å². The normalized spacial score (nSPS) is 12.2. The molecule has 172 valence electrons. The van der Waals surface area contributed by atoms with Crippen molar-refractivity contribution in [2.24, 2.45) is 5.92 Å². The first-order valence-corrected chi connectivity index (χ1v) is 11.5. The van der Waals surface area contributed by atoms with Crippen LogP contribution in [-0.2, 0) is 16.0 Å². The Morgan fingerprint density at radius 3 is 2.71 bits per heavy atom. The fourth-order valence-corrected chi connectivity index (χ4v) is 3.14. The largest absolute Gasteiger partial charge is 0.382 e. The van der Waals surface area contributed by atoms with Crippen LogP contribution in [0.25, 0.3) is 5.95 Å². The van der Waals surface area contributed by atoms with Gasteiger partial charge >= 0.3 is 0 Å². The summed E-state index contributed by atoms with van der Waals surface area (Å²) in [6, 6.07) is 1.61. The van der Waals surface area contributed by atoms with Gasteiger partial charge < -0.3 is 15.4 Å². The molecule has 0 saturated heterocycles. The van der Waals surface area contributed by atoms with E-state index >= 15 is 0 Å². The van der Waals surface area contributed by atoms with E-state index in [4.69, 9.17) is 4.74 Å². The number of hydrogen-bond acceptors (Lipinski definition) is 6. The number of rotatable bonds is 15. The van der Waals surface area contributed by atoms with Crippen molar-refractivity contribution in [2.75, 3.05) is 25.1 Å². The smallest absolute Gasteiger partial charge is 0.242 e. The molecule has 0 saturated carbocycles. The van der Waals surface area contributed by atoms with Crippen LogP contribution < -0.4 is 10.6 Å². The Morgan fingerprint density at radius 1 is 1.19 bits per heavy atom. The van der Waals surface area contributed by atoms with Crippen LogP contribution in [-0.4, -0.2) is 51.2 Å². The first kappa shape index (κ1) is 24.8. The highest BCUT2D eigenvalue weighted by Crippen LogP contribution is 2.16. The molecule has 0 spiro atoms. The third-order valence-electron chi connectivity index (χ3n) is 4.93. The fraction of sp³-hybridized carbons (Fsp3) is 0.652. The predicted octanol–water partition coefficient (Wildman–Crippen LogP) is 3.76. The van der Waals surface area contributed by atoms with Crippen LogP contribution in [0.1, 0.15) is 65.5 Å². The summed E-state index contributed by atoms with van der Waals surface area (Å²) in [4.78, 5) is 26.3. The molecular weight excluding hydrogens is 392 g/mol. The Kier molecular flexibility index (Phi) is 11.0. The topological polar surface area (TPSA) is 94.0 Å². The molecule has 0 bridgehead atoms. The zero-order chi connectivity index (χ0) is 22.5. The van der Waals surface area contributed by atoms with Crippen molar-refractivity contribution in [1.29, 1.82) is 0 Å². The van der Waals surface area contributed by atoms with Gasteiger partial charge in [0.25, 0.3) is 0 Å². The minimum absolute atomic E-state index is 0.00458. The lowest BCUT2D eigenvalue weighted by atomic mass is 10.0. The number of amides is 1. The molecule has 0 aromatic carbocycles. The minimum atomic E-state index is -0.348. The number of anilines is 1. The van der Waals surface area contributed by atoms with Gasteiger partial charge in [0.15, 0.2) is 0 Å². The van der Waals surface area contributed by atoms with E-state index in [0.29, 0.717) is 37.4 Å². The average Bonchev–Trinajstić information content (AvgIpc) is 3.29. The first-order valence-electron chi connectivity index (χ1n) is 11.5. The summed E-state index contributed by atoms with van der Waals surface area (Å²) in [5, 5.41) is 6.41. The van der Waals surface area contributed by atoms with Gasteiger partial charge in [0, 0.05) is 43.9 Å². The quantitative estimate of drug-likeness (QED) is 0.418. The summed E-state index contributed by atoms with van der Waals surface area (Å²) in [6.45, 7) is 10.4. The summed E-state index contributed by atoms with van der Waals surface area (Å²) in [6.07, 6.45) is 10.7. The molecule has 0 aliphatic carbocycles. The highest BCUT2D eigenvalue weighted by atomic mass is 16.5. The van der Waals surface area contributed by atoms with Gasteiger partial charge in [-0.2, -0.15) is 4.98 Å². The second kappa shape index (κ2) is 13.7. The molecule has 2 heterocycles. The number of nitrogens with zero attached hydrogens (tertiary/aromatic N) is 4. The molecule has 2 rings (SSSR count). The molecule has 0 aliphatic rings. The van der Waals surface area contributed by atoms with Crippen LogP contribution in [0, 0.1) is 5.92 Å². The minimum Gasteiger partial charge on any atom is -0.382 e. The molecule has 1 amide bonds. The highest BCUT2D eigenvalue weighted by Gasteiger charge is 2.20. The Hall–Kier alpha value is -2.48. The van der Waals surface area contributed by atoms with E-state index in [9.17, 15) is 4.79 Å². The molecule has 31 heavy (non-hydrogen) atoms. The molecule has 8 nitrogen and oxygen atoms in total. The second-order valence-electron chi connectivity index (χ2n) is 8.13. The molecule has 2 aromatic heterocycles. The van der Waals surface area contributed by atoms with Gasteiger partial charge in [0.05, 0.1) is 0 Å². The Balaban J connectivity index is 2.14. The number of unbranched alkanes of at least 4 members (excludes halogenated alkanes) is 1. The number of nitrogens with one attached hydrogen (secondary N) is 2. The third-order valence-corrected chi connectivity index (χ3v) is 4.93. The molecular formula is C23H38N6O2. The van der Waals surface area contributed by atoms with Crippen molar-refractivity contribution in [2.45, 2.75) is 72.3 Å². The van der Waals surface area contributed by atoms with Gasteiger partial charge in [-0.05, 0) is 44.9 Å². The van der Waals surface area contributed by atoms with Crippen LogP contribution in [0.3, 0.4) is 0 Å². The Bertz CT molecular complexity index is 763. The SMILES string of the molecule is CCCCc1cc(N[C@@H](CCC(C)C)C(=O)NCCCOCC)nc(-n2ccnc2)n1. The number of carbonyl (C=O) groups excluding carboxylic acids is 1. The van der Waals surface area contributed by atoms with Crippen LogP contribution in [0.15, 0.2) is 24.8 Å². The van der Waals surface area contributed by atoms with E-state index in [1.807, 2.05) is 19.2 Å². The Labute approximate surface area is 186 Å². The van der Waals surface area contributed by atoms with Gasteiger partial charge in [0.1, 0.15) is 18.2 Å². The number of aryl methyl sites for hydroxylation is 1. The molecule has 8 heteroatoms. The van der Waals surface area contributed by atoms with Gasteiger partial charge in [0.2, 0.25) is 11.9 Å². The van der Waals surface area contributed by atoms with E-state index in [1.165, 1.54) is 0 Å². The predicted molar refractivity (Wildman–Crippen MR) is 123 cm³/mol. The molecule has 2 aromatic rings. The molecule has 2 N–H and O–H groups in total. The average molecular weight is 431 g/mol. The van der Waals surface area contributed by atoms with E-state index in [0.717, 1.165) is 44.2 Å². The standard InChI is InChI=1S/C23H38N6O2/c1-5-7-9-19-16-21(28-23(26-19)29-14-13-24-17-29)27-20(11-10-18(3)4)22(30)25-12-8-15-31-6-2/h13-14,16-18,20H,5-12,15H2,1-4H3,(H,25,30)(H,26,27,28)/t20-/m0/s1. The van der Waals surface area contributed by atoms with E-state index in [1.54, 1.807) is 17.1 Å². The summed E-state index contributed by atoms with van der Waals surface area (Å²) in [5.74, 6) is 1.74. The lowest BCUT2D eigenvalue weighted by Crippen LogP contribution is -2.40. The monoisotopic (exact) mass is 430 g/mol. The van der Waals surface area contributed by atoms with Crippen LogP contribution in [0.4, 0.5) is 5.82 Å². The fourth-order valence-electron chi connectivity index (χ4n) is 3.14. The summed E-state index contributed by atoms with van der Waals surface area (Å²) >= 11 is 0. The van der Waals surface area contributed by atoms with Gasteiger partial charge in [-0.3, -0.25) is 9.36 Å². The van der Waals surface area contributed by atoms with Crippen molar-refractivity contribution >= 4 is 11.7 Å². The van der Waals surface area contributed by atoms with Crippen LogP contribution in [0.2, 0.25) is 0 Å². The lowest BCUT2D eigenvalue weighted by molar-refractivity contribution is -0.122. The van der Waals surface area contributed by atoms with Crippen LogP contribution in [0.5, 0.6) is 0 Å². The van der Waals surface area contributed by atoms with Crippen molar-refractivity contribution in [1.82, 2.24) is 24.8 Å². The van der Waals surface area contributed by atoms with Crippen molar-refractivity contribution in [3.63, 3.8) is 0 Å². The van der Waals surface area contributed by atoms with E-state index in [2.05, 4.69) is 46.4 Å². The molecule has 0 aliphatic heterocycles. The second-order valence-corrected chi connectivity index (χ2v) is 8.13. The molecule has 1 atom stereocenters. The van der Waals surface area contributed by atoms with Crippen molar-refractivity contribution in [3.05, 3.63) is 30.5 Å². The van der Waals surface area contributed by atoms with Crippen LogP contribution >= 0.6 is 0 Å². The number of ether oxygens (including phenoxy) is 1. The zero-order valence-electron chi connectivity index (χ0n) is 19.4. The number of aromatic nitrogens is 4. The maximum absolute atomic E-state index is 12.9. The first-order chi connectivity index (χ1) is 15.0. The van der Waals surface area contributed by atoms with Gasteiger partial charge in [-0.15, -0.1) is 0 Å². The van der Waals surface area contributed by atoms with Crippen molar-refractivity contribution < 1.29 is 9.53 Å². The summed E-state index contributed by atoms with van der Waals surface area (Å²) < 4.78 is 7.14. The zero-order valence-corrected chi connectivity index (χ0v) is 19.4. The Morgan fingerprint density at radius 2 is 2.03 bits per heavy atom. The number of carbonyl (C=O) groups is 1. The molecule has 0 unspecified atom stereocenters. The highest BCUT2D eigenvalue weighted by molar-refractivity contribution is 5.84. The van der Waals surface area contributed by atoms with Crippen molar-refractivity contribution in [3.8, 4) is 5.95 Å². The van der Waals surface area contributed by atoms with E-state index in [-0.39, 0.29) is 11.9 Å². The van der Waals surface area contributed by atoms with Gasteiger partial charge in [-0.25, -0.2) is 9.97 Å². The lowest BCUT2D eigenvalue weighted by Gasteiger charge is -2.20. The number of imidazole rings is 1. The summed E-state index contributed by atoms with van der Waals surface area (Å²) in [7, 11) is 0. The molecule has 0 fully saturated rings. The van der Waals surface area contributed by atoms with E-state index < -0.39 is 0 Å². The summed E-state index contributed by atoms with van der Waals surface area (Å²) in [5.41, 5.74) is 0.961. The third kappa shape index (κ3) is 9.04. The molecule has 0 radical (unpaired) electrons. The number of hydrogen-bond donors (Lipinski definition) is 2. The maximum Gasteiger partial charge on any atom is 0.242 e.